The second-order valence-electron chi connectivity index (χ2n) is 5.14. The summed E-state index contributed by atoms with van der Waals surface area (Å²) >= 11 is 3.39. The molecule has 1 aliphatic heterocycles. The van der Waals surface area contributed by atoms with Gasteiger partial charge in [-0.25, -0.2) is 0 Å². The Morgan fingerprint density at radius 3 is 1.95 bits per heavy atom. The summed E-state index contributed by atoms with van der Waals surface area (Å²) in [4.78, 5) is 25.4. The van der Waals surface area contributed by atoms with E-state index in [1.54, 1.807) is 36.4 Å². The van der Waals surface area contributed by atoms with Gasteiger partial charge in [-0.1, -0.05) is 58.4 Å². The third-order valence-electron chi connectivity index (χ3n) is 3.72. The third-order valence-corrected chi connectivity index (χ3v) is 4.51. The van der Waals surface area contributed by atoms with Gasteiger partial charge < -0.3 is 5.11 Å². The lowest BCUT2D eigenvalue weighted by Crippen LogP contribution is -2.37. The number of hydrogen-bond acceptors (Lipinski definition) is 3. The molecule has 0 fully saturated rings. The van der Waals surface area contributed by atoms with Crippen LogP contribution in [0.3, 0.4) is 0 Å². The minimum absolute atomic E-state index is 0.113. The van der Waals surface area contributed by atoms with E-state index >= 15 is 0 Å². The Bertz CT molecular complexity index is 682. The molecular weight excluding hydrogens is 346 g/mol. The maximum Gasteiger partial charge on any atom is 0.261 e. The van der Waals surface area contributed by atoms with Gasteiger partial charge in [-0.15, -0.1) is 0 Å². The zero-order valence-electron chi connectivity index (χ0n) is 11.6. The normalized spacial score (nSPS) is 16.5. The molecule has 0 aliphatic carbocycles. The number of imide groups is 1. The van der Waals surface area contributed by atoms with E-state index in [1.165, 1.54) is 4.90 Å². The molecule has 22 heavy (non-hydrogen) atoms. The number of nitrogens with zero attached hydrogens (tertiary/aromatic N) is 1. The Hall–Kier alpha value is -1.98. The number of rotatable bonds is 4. The summed E-state index contributed by atoms with van der Waals surface area (Å²) in [6, 6.07) is 15.9. The van der Waals surface area contributed by atoms with Gasteiger partial charge in [0.1, 0.15) is 0 Å². The summed E-state index contributed by atoms with van der Waals surface area (Å²) in [5.41, 5.74) is 1.57. The lowest BCUT2D eigenvalue weighted by atomic mass is 10.1. The first-order valence-corrected chi connectivity index (χ1v) is 7.83. The predicted octanol–water partition coefficient (Wildman–Crippen LogP) is 2.78. The van der Waals surface area contributed by atoms with Gasteiger partial charge in [-0.3, -0.25) is 14.5 Å². The fourth-order valence-corrected chi connectivity index (χ4v) is 3.13. The second kappa shape index (κ2) is 6.02. The van der Waals surface area contributed by atoms with Crippen molar-refractivity contribution in [1.29, 1.82) is 0 Å². The lowest BCUT2D eigenvalue weighted by molar-refractivity contribution is 0.0630. The second-order valence-corrected chi connectivity index (χ2v) is 6.31. The molecule has 0 bridgehead atoms. The highest BCUT2D eigenvalue weighted by atomic mass is 79.9. The van der Waals surface area contributed by atoms with E-state index in [0.29, 0.717) is 11.1 Å². The third kappa shape index (κ3) is 2.58. The highest BCUT2D eigenvalue weighted by Gasteiger charge is 2.37. The van der Waals surface area contributed by atoms with Crippen LogP contribution in [0.4, 0.5) is 0 Å². The Balaban J connectivity index is 1.77. The number of carbonyl (C=O) groups is 2. The first-order chi connectivity index (χ1) is 10.6. The molecule has 0 saturated carbocycles. The number of carbonyl (C=O) groups excluding carboxylic acids is 2. The number of amides is 2. The van der Waals surface area contributed by atoms with E-state index in [4.69, 9.17) is 0 Å². The average Bonchev–Trinajstić information content (AvgIpc) is 2.80. The molecule has 1 N–H and O–H groups in total. The molecule has 2 aromatic carbocycles. The molecule has 0 saturated heterocycles. The van der Waals surface area contributed by atoms with Crippen LogP contribution >= 0.6 is 15.9 Å². The number of fused-ring (bicyclic) bond motifs is 1. The summed E-state index contributed by atoms with van der Waals surface area (Å²) < 4.78 is 0. The lowest BCUT2D eigenvalue weighted by Gasteiger charge is -2.22. The molecule has 0 radical (unpaired) electrons. The van der Waals surface area contributed by atoms with E-state index in [0.717, 1.165) is 5.56 Å². The smallest absolute Gasteiger partial charge is 0.261 e. The minimum Gasteiger partial charge on any atom is -0.387 e. The molecule has 1 aliphatic rings. The van der Waals surface area contributed by atoms with E-state index in [2.05, 4.69) is 15.9 Å². The van der Waals surface area contributed by atoms with Crippen LogP contribution in [0, 0.1) is 0 Å². The molecule has 3 rings (SSSR count). The molecule has 0 spiro atoms. The summed E-state index contributed by atoms with van der Waals surface area (Å²) in [6.45, 7) is 0.113. The molecule has 112 valence electrons. The van der Waals surface area contributed by atoms with Crippen molar-refractivity contribution in [2.24, 2.45) is 0 Å². The Morgan fingerprint density at radius 1 is 0.909 bits per heavy atom. The van der Waals surface area contributed by atoms with Crippen LogP contribution < -0.4 is 0 Å². The molecule has 4 nitrogen and oxygen atoms in total. The fraction of sp³-hybridized carbons (Fsp3) is 0.176. The molecule has 5 heteroatoms. The van der Waals surface area contributed by atoms with Crippen LogP contribution in [0.2, 0.25) is 0 Å². The molecule has 2 aromatic rings. The Morgan fingerprint density at radius 2 is 1.41 bits per heavy atom. The van der Waals surface area contributed by atoms with E-state index in [-0.39, 0.29) is 18.4 Å². The molecular formula is C17H14BrNO3. The monoisotopic (exact) mass is 359 g/mol. The summed E-state index contributed by atoms with van der Waals surface area (Å²) in [5.74, 6) is -0.629. The van der Waals surface area contributed by atoms with Gasteiger partial charge in [0.25, 0.3) is 11.8 Å². The predicted molar refractivity (Wildman–Crippen MR) is 85.9 cm³/mol. The average molecular weight is 360 g/mol. The molecule has 1 heterocycles. The van der Waals surface area contributed by atoms with Crippen molar-refractivity contribution in [2.75, 3.05) is 6.54 Å². The maximum atomic E-state index is 12.3. The van der Waals surface area contributed by atoms with Crippen LogP contribution in [-0.4, -0.2) is 33.2 Å². The summed E-state index contributed by atoms with van der Waals surface area (Å²) in [6.07, 6.45) is -0.800. The van der Waals surface area contributed by atoms with E-state index in [9.17, 15) is 14.7 Å². The van der Waals surface area contributed by atoms with Crippen molar-refractivity contribution in [3.63, 3.8) is 0 Å². The minimum atomic E-state index is -0.800. The van der Waals surface area contributed by atoms with Gasteiger partial charge in [0.2, 0.25) is 0 Å². The zero-order valence-corrected chi connectivity index (χ0v) is 13.2. The van der Waals surface area contributed by atoms with Gasteiger partial charge in [0.05, 0.1) is 22.1 Å². The van der Waals surface area contributed by atoms with Crippen molar-refractivity contribution in [1.82, 2.24) is 4.90 Å². The highest BCUT2D eigenvalue weighted by Crippen LogP contribution is 2.28. The highest BCUT2D eigenvalue weighted by molar-refractivity contribution is 9.09. The van der Waals surface area contributed by atoms with Crippen molar-refractivity contribution in [2.45, 2.75) is 10.9 Å². The van der Waals surface area contributed by atoms with Crippen molar-refractivity contribution in [3.05, 3.63) is 71.3 Å². The van der Waals surface area contributed by atoms with Crippen LogP contribution in [-0.2, 0) is 0 Å². The van der Waals surface area contributed by atoms with Crippen LogP contribution in [0.5, 0.6) is 0 Å². The first-order valence-electron chi connectivity index (χ1n) is 6.92. The van der Waals surface area contributed by atoms with Gasteiger partial charge in [0, 0.05) is 6.54 Å². The standard InChI is InChI=1S/C17H14BrNO3/c18-14(15(20)11-6-2-1-3-7-11)10-19-16(21)12-8-4-5-9-13(12)17(19)22/h1-9,14-15,20H,10H2/t14-,15+/m1/s1. The number of aliphatic hydroxyl groups excluding tert-OH is 1. The molecule has 2 atom stereocenters. The van der Waals surface area contributed by atoms with Gasteiger partial charge in [0.15, 0.2) is 0 Å². The number of benzene rings is 2. The van der Waals surface area contributed by atoms with Crippen molar-refractivity contribution < 1.29 is 14.7 Å². The van der Waals surface area contributed by atoms with Gasteiger partial charge in [-0.05, 0) is 17.7 Å². The van der Waals surface area contributed by atoms with E-state index in [1.807, 2.05) is 18.2 Å². The Kier molecular flexibility index (Phi) is 4.09. The molecule has 0 aromatic heterocycles. The quantitative estimate of drug-likeness (QED) is 0.674. The number of aliphatic hydroxyl groups is 1. The number of hydrogen-bond donors (Lipinski definition) is 1. The number of halogens is 1. The SMILES string of the molecule is O=C1c2ccccc2C(=O)N1C[C@@H](Br)[C@@H](O)c1ccccc1. The summed E-state index contributed by atoms with van der Waals surface area (Å²) in [7, 11) is 0. The van der Waals surface area contributed by atoms with Crippen LogP contribution in [0.15, 0.2) is 54.6 Å². The van der Waals surface area contributed by atoms with Crippen molar-refractivity contribution in [3.8, 4) is 0 Å². The Labute approximate surface area is 136 Å². The maximum absolute atomic E-state index is 12.3. The van der Waals surface area contributed by atoms with Gasteiger partial charge in [-0.2, -0.15) is 0 Å². The van der Waals surface area contributed by atoms with E-state index < -0.39 is 10.9 Å². The van der Waals surface area contributed by atoms with Crippen LogP contribution in [0.25, 0.3) is 0 Å². The zero-order chi connectivity index (χ0) is 15.7. The number of alkyl halides is 1. The first kappa shape index (κ1) is 14.9. The largest absolute Gasteiger partial charge is 0.387 e. The fourth-order valence-electron chi connectivity index (χ4n) is 2.54. The van der Waals surface area contributed by atoms with Crippen LogP contribution in [0.1, 0.15) is 32.4 Å². The van der Waals surface area contributed by atoms with Crippen molar-refractivity contribution >= 4 is 27.7 Å². The summed E-state index contributed by atoms with van der Waals surface area (Å²) in [5, 5.41) is 10.3. The topological polar surface area (TPSA) is 57.6 Å². The van der Waals surface area contributed by atoms with Gasteiger partial charge >= 0.3 is 0 Å². The molecule has 2 amide bonds. The molecule has 0 unspecified atom stereocenters.